The lowest BCUT2D eigenvalue weighted by atomic mass is 10.4. The van der Waals surface area contributed by atoms with E-state index in [1.807, 2.05) is 16.1 Å². The molecule has 0 spiro atoms. The number of nitrogen functional groups attached to an aromatic ring is 1. The minimum atomic E-state index is 0.471. The van der Waals surface area contributed by atoms with Gasteiger partial charge < -0.3 is 5.73 Å². The molecule has 1 fully saturated rings. The van der Waals surface area contributed by atoms with Crippen molar-refractivity contribution < 1.29 is 0 Å². The van der Waals surface area contributed by atoms with Crippen molar-refractivity contribution in [1.82, 2.24) is 30.2 Å². The molecule has 7 nitrogen and oxygen atoms in total. The number of thioether (sulfide) groups is 1. The number of nitrogens with zero attached hydrogens (tertiary/aromatic N) is 6. The van der Waals surface area contributed by atoms with Gasteiger partial charge in [-0.15, -0.1) is 16.4 Å². The highest BCUT2D eigenvalue weighted by Gasteiger charge is 2.27. The van der Waals surface area contributed by atoms with Crippen LogP contribution in [-0.2, 0) is 5.75 Å². The van der Waals surface area contributed by atoms with Crippen LogP contribution in [0.15, 0.2) is 16.6 Å². The zero-order valence-corrected chi connectivity index (χ0v) is 12.1. The van der Waals surface area contributed by atoms with Crippen LogP contribution in [0, 0.1) is 0 Å². The predicted molar refractivity (Wildman–Crippen MR) is 77.5 cm³/mol. The molecule has 1 saturated carbocycles. The summed E-state index contributed by atoms with van der Waals surface area (Å²) in [4.78, 5) is 9.78. The second-order valence-electron chi connectivity index (χ2n) is 4.59. The van der Waals surface area contributed by atoms with Gasteiger partial charge in [0.2, 0.25) is 5.16 Å². The third kappa shape index (κ3) is 2.12. The van der Waals surface area contributed by atoms with Gasteiger partial charge in [0, 0.05) is 0 Å². The van der Waals surface area contributed by atoms with Gasteiger partial charge in [-0.1, -0.05) is 11.8 Å². The SMILES string of the molecule is Nc1nc(CSc2nnnn2C2CC2)nc2sccc12. The van der Waals surface area contributed by atoms with Crippen molar-refractivity contribution in [1.29, 1.82) is 0 Å². The number of nitrogens with two attached hydrogens (primary N) is 1. The standard InChI is InChI=1S/C11H11N7S2/c12-9-7-3-4-19-10(7)14-8(13-9)5-20-11-15-16-17-18(11)6-1-2-6/h3-4,6H,1-2,5H2,(H2,12,13,14). The molecule has 0 amide bonds. The molecule has 0 aromatic carbocycles. The summed E-state index contributed by atoms with van der Waals surface area (Å²) in [6.45, 7) is 0. The van der Waals surface area contributed by atoms with E-state index in [0.717, 1.165) is 28.2 Å². The Morgan fingerprint density at radius 1 is 1.40 bits per heavy atom. The van der Waals surface area contributed by atoms with E-state index in [1.54, 1.807) is 23.1 Å². The lowest BCUT2D eigenvalue weighted by Crippen LogP contribution is -2.01. The Balaban J connectivity index is 1.56. The average molecular weight is 305 g/mol. The molecule has 3 aromatic heterocycles. The normalized spacial score (nSPS) is 15.0. The van der Waals surface area contributed by atoms with E-state index < -0.39 is 0 Å². The molecule has 4 rings (SSSR count). The largest absolute Gasteiger partial charge is 0.383 e. The molecule has 102 valence electrons. The summed E-state index contributed by atoms with van der Waals surface area (Å²) in [6.07, 6.45) is 2.31. The average Bonchev–Trinajstić information content (AvgIpc) is 3.00. The number of fused-ring (bicyclic) bond motifs is 1. The topological polar surface area (TPSA) is 95.4 Å². The van der Waals surface area contributed by atoms with Gasteiger partial charge in [0.05, 0.1) is 17.2 Å². The highest BCUT2D eigenvalue weighted by atomic mass is 32.2. The van der Waals surface area contributed by atoms with Crippen LogP contribution >= 0.6 is 23.1 Å². The number of rotatable bonds is 4. The minimum absolute atomic E-state index is 0.471. The van der Waals surface area contributed by atoms with Gasteiger partial charge in [0.1, 0.15) is 16.5 Å². The first kappa shape index (κ1) is 12.0. The van der Waals surface area contributed by atoms with Crippen LogP contribution in [0.1, 0.15) is 24.7 Å². The fourth-order valence-corrected chi connectivity index (χ4v) is 3.54. The van der Waals surface area contributed by atoms with Crippen molar-refractivity contribution in [3.63, 3.8) is 0 Å². The van der Waals surface area contributed by atoms with Crippen LogP contribution in [0.25, 0.3) is 10.2 Å². The summed E-state index contributed by atoms with van der Waals surface area (Å²) in [7, 11) is 0. The molecule has 20 heavy (non-hydrogen) atoms. The molecule has 0 aliphatic heterocycles. The van der Waals surface area contributed by atoms with E-state index in [4.69, 9.17) is 5.73 Å². The van der Waals surface area contributed by atoms with E-state index in [0.29, 0.717) is 23.4 Å². The fraction of sp³-hybridized carbons (Fsp3) is 0.364. The molecule has 0 atom stereocenters. The molecule has 0 radical (unpaired) electrons. The Morgan fingerprint density at radius 2 is 2.30 bits per heavy atom. The molecule has 0 unspecified atom stereocenters. The lowest BCUT2D eigenvalue weighted by Gasteiger charge is -2.03. The number of anilines is 1. The number of hydrogen-bond acceptors (Lipinski definition) is 8. The molecular formula is C11H11N7S2. The Hall–Kier alpha value is -1.74. The minimum Gasteiger partial charge on any atom is -0.383 e. The van der Waals surface area contributed by atoms with Crippen LogP contribution in [0.3, 0.4) is 0 Å². The van der Waals surface area contributed by atoms with Crippen molar-refractivity contribution >= 4 is 39.1 Å². The molecule has 0 saturated heterocycles. The highest BCUT2D eigenvalue weighted by Crippen LogP contribution is 2.36. The number of hydrogen-bond donors (Lipinski definition) is 1. The third-order valence-corrected chi connectivity index (χ3v) is 4.82. The maximum Gasteiger partial charge on any atom is 0.210 e. The second-order valence-corrected chi connectivity index (χ2v) is 6.43. The summed E-state index contributed by atoms with van der Waals surface area (Å²) < 4.78 is 1.89. The van der Waals surface area contributed by atoms with E-state index in [2.05, 4.69) is 25.5 Å². The molecule has 0 bridgehead atoms. The highest BCUT2D eigenvalue weighted by molar-refractivity contribution is 7.98. The van der Waals surface area contributed by atoms with Crippen molar-refractivity contribution in [2.24, 2.45) is 0 Å². The Kier molecular flexibility index (Phi) is 2.81. The first-order valence-electron chi connectivity index (χ1n) is 6.21. The van der Waals surface area contributed by atoms with Gasteiger partial charge in [0.25, 0.3) is 0 Å². The monoisotopic (exact) mass is 305 g/mol. The van der Waals surface area contributed by atoms with Crippen LogP contribution in [0.5, 0.6) is 0 Å². The van der Waals surface area contributed by atoms with E-state index in [9.17, 15) is 0 Å². The van der Waals surface area contributed by atoms with Crippen LogP contribution in [0.2, 0.25) is 0 Å². The van der Waals surface area contributed by atoms with Crippen molar-refractivity contribution in [3.8, 4) is 0 Å². The smallest absolute Gasteiger partial charge is 0.210 e. The van der Waals surface area contributed by atoms with Crippen molar-refractivity contribution in [3.05, 3.63) is 17.3 Å². The summed E-state index contributed by atoms with van der Waals surface area (Å²) in [6, 6.07) is 2.41. The molecule has 9 heteroatoms. The predicted octanol–water partition coefficient (Wildman–Crippen LogP) is 1.89. The molecule has 2 N–H and O–H groups in total. The Morgan fingerprint density at radius 3 is 3.15 bits per heavy atom. The van der Waals surface area contributed by atoms with Gasteiger partial charge in [-0.2, -0.15) is 0 Å². The van der Waals surface area contributed by atoms with E-state index in [1.165, 1.54) is 0 Å². The summed E-state index contributed by atoms with van der Waals surface area (Å²) >= 11 is 3.12. The quantitative estimate of drug-likeness (QED) is 0.735. The maximum absolute atomic E-state index is 5.94. The zero-order valence-electron chi connectivity index (χ0n) is 10.4. The van der Waals surface area contributed by atoms with Crippen LogP contribution in [-0.4, -0.2) is 30.2 Å². The van der Waals surface area contributed by atoms with Crippen LogP contribution in [0.4, 0.5) is 5.82 Å². The molecular weight excluding hydrogens is 294 g/mol. The van der Waals surface area contributed by atoms with Gasteiger partial charge in [-0.3, -0.25) is 0 Å². The van der Waals surface area contributed by atoms with E-state index in [-0.39, 0.29) is 0 Å². The van der Waals surface area contributed by atoms with Gasteiger partial charge in [-0.25, -0.2) is 14.6 Å². The van der Waals surface area contributed by atoms with Crippen molar-refractivity contribution in [2.45, 2.75) is 29.8 Å². The molecule has 1 aliphatic rings. The first-order valence-corrected chi connectivity index (χ1v) is 8.08. The fourth-order valence-electron chi connectivity index (χ4n) is 1.95. The molecule has 3 heterocycles. The number of tetrazole rings is 1. The maximum atomic E-state index is 5.94. The van der Waals surface area contributed by atoms with Gasteiger partial charge in [-0.05, 0) is 34.7 Å². The van der Waals surface area contributed by atoms with E-state index >= 15 is 0 Å². The van der Waals surface area contributed by atoms with Crippen LogP contribution < -0.4 is 5.73 Å². The van der Waals surface area contributed by atoms with Gasteiger partial charge in [0.15, 0.2) is 0 Å². The Bertz CT molecular complexity index is 761. The van der Waals surface area contributed by atoms with Crippen molar-refractivity contribution in [2.75, 3.05) is 5.73 Å². The second kappa shape index (κ2) is 4.67. The summed E-state index contributed by atoms with van der Waals surface area (Å²) in [5.74, 6) is 1.87. The molecule has 1 aliphatic carbocycles. The third-order valence-electron chi connectivity index (χ3n) is 3.09. The summed E-state index contributed by atoms with van der Waals surface area (Å²) in [5.41, 5.74) is 5.94. The first-order chi connectivity index (χ1) is 9.81. The van der Waals surface area contributed by atoms with Gasteiger partial charge >= 0.3 is 0 Å². The number of aromatic nitrogens is 6. The zero-order chi connectivity index (χ0) is 13.5. The number of thiophene rings is 1. The Labute approximate surface area is 122 Å². The lowest BCUT2D eigenvalue weighted by molar-refractivity contribution is 0.565. The molecule has 3 aromatic rings. The summed E-state index contributed by atoms with van der Waals surface area (Å²) in [5, 5.41) is 15.5.